The number of hydrogen-bond donors (Lipinski definition) is 1. The summed E-state index contributed by atoms with van der Waals surface area (Å²) in [5, 5.41) is 12.0. The van der Waals surface area contributed by atoms with Crippen LogP contribution in [0.15, 0.2) is 30.7 Å². The van der Waals surface area contributed by atoms with Crippen LogP contribution in [0.3, 0.4) is 0 Å². The number of halogens is 3. The lowest BCUT2D eigenvalue weighted by atomic mass is 10.2. The molecule has 3 aromatic heterocycles. The van der Waals surface area contributed by atoms with Crippen LogP contribution in [0.25, 0.3) is 5.65 Å². The molecular weight excluding hydrogens is 529 g/mol. The van der Waals surface area contributed by atoms with Crippen LogP contribution in [0.2, 0.25) is 0 Å². The SMILES string of the molecule is CN1CCN(C(=O)Cn2cc(Nc3nc4c(N5C[C@@H]6C[C@H]5CN6C(=O)CCC(F)(F)F)cccn4n3)cn2)CC1. The van der Waals surface area contributed by atoms with Crippen molar-refractivity contribution in [1.82, 2.24) is 39.1 Å². The highest BCUT2D eigenvalue weighted by Gasteiger charge is 2.46. The number of anilines is 3. The van der Waals surface area contributed by atoms with Gasteiger partial charge in [0, 0.05) is 64.1 Å². The number of amides is 2. The third-order valence-electron chi connectivity index (χ3n) is 7.88. The summed E-state index contributed by atoms with van der Waals surface area (Å²) in [6.45, 7) is 4.22. The number of alkyl halides is 3. The first-order chi connectivity index (χ1) is 19.1. The van der Waals surface area contributed by atoms with E-state index < -0.39 is 24.9 Å². The Balaban J connectivity index is 1.09. The van der Waals surface area contributed by atoms with E-state index in [4.69, 9.17) is 0 Å². The van der Waals surface area contributed by atoms with Crippen molar-refractivity contribution >= 4 is 34.8 Å². The third kappa shape index (κ3) is 5.42. The number of fused-ring (bicyclic) bond motifs is 3. The van der Waals surface area contributed by atoms with E-state index in [2.05, 4.69) is 30.3 Å². The number of carbonyl (C=O) groups is 2. The van der Waals surface area contributed by atoms with Crippen molar-refractivity contribution in [3.63, 3.8) is 0 Å². The van der Waals surface area contributed by atoms with Gasteiger partial charge in [0.2, 0.25) is 17.8 Å². The standard InChI is InChI=1S/C25H31F3N10O2/c1-33-7-9-34(10-8-33)22(40)16-35-13-17(12-29-35)30-24-31-23-20(3-2-6-38(23)32-24)36-14-19-11-18(36)15-37(19)21(39)4-5-25(26,27)28/h2-3,6,12-13,18-19H,4-5,7-11,14-16H2,1H3,(H,30,32)/t18-,19-/m0/s1. The fourth-order valence-electron chi connectivity index (χ4n) is 5.77. The number of carbonyl (C=O) groups excluding carboxylic acids is 2. The van der Waals surface area contributed by atoms with E-state index in [-0.39, 0.29) is 24.5 Å². The van der Waals surface area contributed by atoms with Crippen molar-refractivity contribution in [2.45, 2.75) is 44.1 Å². The number of pyridine rings is 1. The minimum atomic E-state index is -4.34. The Labute approximate surface area is 228 Å². The van der Waals surface area contributed by atoms with Gasteiger partial charge in [-0.05, 0) is 25.6 Å². The molecule has 40 heavy (non-hydrogen) atoms. The monoisotopic (exact) mass is 560 g/mol. The second-order valence-electron chi connectivity index (χ2n) is 10.7. The van der Waals surface area contributed by atoms with Gasteiger partial charge in [0.05, 0.1) is 30.0 Å². The van der Waals surface area contributed by atoms with E-state index in [0.29, 0.717) is 49.9 Å². The van der Waals surface area contributed by atoms with Crippen LogP contribution in [0.1, 0.15) is 19.3 Å². The van der Waals surface area contributed by atoms with Crippen molar-refractivity contribution < 1.29 is 22.8 Å². The van der Waals surface area contributed by atoms with Crippen molar-refractivity contribution in [1.29, 1.82) is 0 Å². The quantitative estimate of drug-likeness (QED) is 0.464. The molecule has 12 nitrogen and oxygen atoms in total. The topological polar surface area (TPSA) is 107 Å². The van der Waals surface area contributed by atoms with Gasteiger partial charge in [0.1, 0.15) is 6.54 Å². The van der Waals surface area contributed by atoms with Gasteiger partial charge in [-0.15, -0.1) is 5.10 Å². The fraction of sp³-hybridized carbons (Fsp3) is 0.560. The van der Waals surface area contributed by atoms with Gasteiger partial charge in [0.25, 0.3) is 0 Å². The third-order valence-corrected chi connectivity index (χ3v) is 7.88. The second-order valence-corrected chi connectivity index (χ2v) is 10.7. The Morgan fingerprint density at radius 3 is 2.62 bits per heavy atom. The molecule has 214 valence electrons. The number of likely N-dealkylation sites (tertiary alicyclic amines) is 1. The maximum absolute atomic E-state index is 12.6. The molecule has 3 aliphatic heterocycles. The zero-order valence-electron chi connectivity index (χ0n) is 22.1. The highest BCUT2D eigenvalue weighted by molar-refractivity contribution is 5.79. The minimum absolute atomic E-state index is 0.00946. The predicted octanol–water partition coefficient (Wildman–Crippen LogP) is 1.58. The van der Waals surface area contributed by atoms with Crippen LogP contribution in [0.5, 0.6) is 0 Å². The molecule has 0 aliphatic carbocycles. The molecule has 2 bridgehead atoms. The smallest absolute Gasteiger partial charge is 0.362 e. The van der Waals surface area contributed by atoms with Gasteiger partial charge in [-0.3, -0.25) is 14.3 Å². The van der Waals surface area contributed by atoms with Gasteiger partial charge >= 0.3 is 6.18 Å². The summed E-state index contributed by atoms with van der Waals surface area (Å²) in [6, 6.07) is 3.69. The predicted molar refractivity (Wildman–Crippen MR) is 139 cm³/mol. The van der Waals surface area contributed by atoms with Crippen molar-refractivity contribution in [2.75, 3.05) is 56.5 Å². The molecule has 3 fully saturated rings. The number of nitrogens with zero attached hydrogens (tertiary/aromatic N) is 9. The van der Waals surface area contributed by atoms with Crippen LogP contribution in [0, 0.1) is 0 Å². The lowest BCUT2D eigenvalue weighted by Crippen LogP contribution is -2.49. The molecular formula is C25H31F3N10O2. The minimum Gasteiger partial charge on any atom is -0.362 e. The van der Waals surface area contributed by atoms with Crippen LogP contribution in [-0.4, -0.2) is 115 Å². The van der Waals surface area contributed by atoms with E-state index in [1.54, 1.807) is 32.7 Å². The van der Waals surface area contributed by atoms with E-state index in [1.165, 1.54) is 0 Å². The van der Waals surface area contributed by atoms with Gasteiger partial charge in [-0.25, -0.2) is 4.52 Å². The first kappa shape index (κ1) is 26.3. The van der Waals surface area contributed by atoms with Crippen molar-refractivity contribution in [3.05, 3.63) is 30.7 Å². The van der Waals surface area contributed by atoms with Gasteiger partial charge in [-0.2, -0.15) is 23.3 Å². The van der Waals surface area contributed by atoms with Crippen LogP contribution >= 0.6 is 0 Å². The number of rotatable bonds is 7. The molecule has 2 amide bonds. The molecule has 1 N–H and O–H groups in total. The van der Waals surface area contributed by atoms with Gasteiger partial charge in [-0.1, -0.05) is 0 Å². The molecule has 3 aliphatic rings. The first-order valence-electron chi connectivity index (χ1n) is 13.4. The average Bonchev–Trinajstić information content (AvgIpc) is 3.71. The van der Waals surface area contributed by atoms with Crippen molar-refractivity contribution in [2.24, 2.45) is 0 Å². The maximum atomic E-state index is 12.6. The lowest BCUT2D eigenvalue weighted by Gasteiger charge is -2.35. The number of nitrogens with one attached hydrogen (secondary N) is 1. The molecule has 6 heterocycles. The molecule has 0 aromatic carbocycles. The van der Waals surface area contributed by atoms with E-state index in [9.17, 15) is 22.8 Å². The maximum Gasteiger partial charge on any atom is 0.389 e. The van der Waals surface area contributed by atoms with Gasteiger partial charge in [0.15, 0.2) is 5.65 Å². The molecule has 2 atom stereocenters. The summed E-state index contributed by atoms with van der Waals surface area (Å²) in [5.74, 6) is -0.0492. The molecule has 0 spiro atoms. The van der Waals surface area contributed by atoms with Crippen LogP contribution in [0.4, 0.5) is 30.5 Å². The highest BCUT2D eigenvalue weighted by Crippen LogP contribution is 2.37. The first-order valence-corrected chi connectivity index (χ1v) is 13.4. The summed E-state index contributed by atoms with van der Waals surface area (Å²) in [7, 11) is 2.04. The summed E-state index contributed by atoms with van der Waals surface area (Å²) >= 11 is 0. The zero-order valence-corrected chi connectivity index (χ0v) is 22.1. The van der Waals surface area contributed by atoms with Crippen LogP contribution in [-0.2, 0) is 16.1 Å². The molecule has 0 saturated carbocycles. The average molecular weight is 561 g/mol. The molecule has 3 saturated heterocycles. The Kier molecular flexibility index (Phi) is 6.76. The molecule has 6 rings (SSSR count). The number of likely N-dealkylation sites (N-methyl/N-ethyl adjacent to an activating group) is 1. The Bertz CT molecular complexity index is 1400. The molecule has 0 unspecified atom stereocenters. The normalized spacial score (nSPS) is 21.6. The summed E-state index contributed by atoms with van der Waals surface area (Å²) in [5.41, 5.74) is 2.13. The van der Waals surface area contributed by atoms with Gasteiger partial charge < -0.3 is 24.9 Å². The fourth-order valence-corrected chi connectivity index (χ4v) is 5.77. The molecule has 0 radical (unpaired) electrons. The highest BCUT2D eigenvalue weighted by atomic mass is 19.4. The summed E-state index contributed by atoms with van der Waals surface area (Å²) in [4.78, 5) is 37.5. The Hall–Kier alpha value is -3.88. The Morgan fingerprint density at radius 2 is 1.90 bits per heavy atom. The Morgan fingerprint density at radius 1 is 1.10 bits per heavy atom. The largest absolute Gasteiger partial charge is 0.389 e. The number of hydrogen-bond acceptors (Lipinski definition) is 8. The van der Waals surface area contributed by atoms with Crippen LogP contribution < -0.4 is 10.2 Å². The van der Waals surface area contributed by atoms with Crippen molar-refractivity contribution in [3.8, 4) is 0 Å². The second kappa shape index (κ2) is 10.3. The summed E-state index contributed by atoms with van der Waals surface area (Å²) in [6.07, 6.45) is -0.0827. The zero-order chi connectivity index (χ0) is 28.0. The molecule has 3 aromatic rings. The lowest BCUT2D eigenvalue weighted by molar-refractivity contribution is -0.149. The summed E-state index contributed by atoms with van der Waals surface area (Å²) < 4.78 is 41.0. The van der Waals surface area contributed by atoms with E-state index in [1.807, 2.05) is 24.1 Å². The number of aromatic nitrogens is 5. The van der Waals surface area contributed by atoms with E-state index in [0.717, 1.165) is 18.8 Å². The van der Waals surface area contributed by atoms with E-state index >= 15 is 0 Å². The molecule has 15 heteroatoms. The number of piperazine rings is 2.